The van der Waals surface area contributed by atoms with Gasteiger partial charge in [-0.3, -0.25) is 4.90 Å². The number of aliphatic imine (C=N–C) groups is 1. The summed E-state index contributed by atoms with van der Waals surface area (Å²) in [6, 6.07) is 10.3. The van der Waals surface area contributed by atoms with Gasteiger partial charge in [0.2, 0.25) is 0 Å². The highest BCUT2D eigenvalue weighted by Crippen LogP contribution is 2.27. The van der Waals surface area contributed by atoms with Crippen LogP contribution in [0.3, 0.4) is 0 Å². The van der Waals surface area contributed by atoms with Crippen LogP contribution in [0.1, 0.15) is 43.9 Å². The standard InChI is InChI=1S/C23H33N5O2.HI/c1-2-24-23(28-14-12-27(13-15-28)18-20-11-16-29-26-20)25-17-19-7-3-6-10-22(19)30-21-8-4-5-9-21;/h3,6-7,10-11,16,21H,2,4-5,8-9,12-15,17-18H2,1H3,(H,24,25);1H. The van der Waals surface area contributed by atoms with Gasteiger partial charge in [-0.25, -0.2) is 4.99 Å². The number of hydrogen-bond acceptors (Lipinski definition) is 5. The van der Waals surface area contributed by atoms with Gasteiger partial charge in [-0.1, -0.05) is 23.4 Å². The lowest BCUT2D eigenvalue weighted by molar-refractivity contribution is 0.169. The summed E-state index contributed by atoms with van der Waals surface area (Å²) in [6.45, 7) is 8.31. The summed E-state index contributed by atoms with van der Waals surface area (Å²) < 4.78 is 11.2. The monoisotopic (exact) mass is 539 g/mol. The van der Waals surface area contributed by atoms with Crippen molar-refractivity contribution in [2.45, 2.75) is 51.8 Å². The summed E-state index contributed by atoms with van der Waals surface area (Å²) in [4.78, 5) is 9.70. The average molecular weight is 539 g/mol. The number of ether oxygens (including phenoxy) is 1. The molecule has 1 aliphatic carbocycles. The summed E-state index contributed by atoms with van der Waals surface area (Å²) in [5, 5.41) is 7.49. The largest absolute Gasteiger partial charge is 0.490 e. The Bertz CT molecular complexity index is 800. The van der Waals surface area contributed by atoms with Crippen LogP contribution in [0.4, 0.5) is 0 Å². The average Bonchev–Trinajstić information content (AvgIpc) is 3.47. The van der Waals surface area contributed by atoms with Gasteiger partial charge in [0, 0.05) is 50.9 Å². The molecule has 0 bridgehead atoms. The second kappa shape index (κ2) is 12.3. The maximum atomic E-state index is 6.28. The van der Waals surface area contributed by atoms with Crippen LogP contribution in [0.5, 0.6) is 5.75 Å². The highest BCUT2D eigenvalue weighted by atomic mass is 127. The number of hydrogen-bond donors (Lipinski definition) is 1. The zero-order valence-corrected chi connectivity index (χ0v) is 20.7. The minimum atomic E-state index is 0. The molecule has 0 atom stereocenters. The van der Waals surface area contributed by atoms with Crippen molar-refractivity contribution in [2.24, 2.45) is 4.99 Å². The fraction of sp³-hybridized carbons (Fsp3) is 0.565. The molecular formula is C23H34IN5O2. The first kappa shape index (κ1) is 23.8. The Morgan fingerprint density at radius 2 is 1.94 bits per heavy atom. The number of rotatable bonds is 7. The van der Waals surface area contributed by atoms with Gasteiger partial charge in [-0.2, -0.15) is 0 Å². The van der Waals surface area contributed by atoms with Crippen molar-refractivity contribution in [1.29, 1.82) is 0 Å². The number of halogens is 1. The molecule has 2 heterocycles. The normalized spacial score (nSPS) is 18.1. The molecule has 170 valence electrons. The predicted octanol–water partition coefficient (Wildman–Crippen LogP) is 3.90. The van der Waals surface area contributed by atoms with Crippen molar-refractivity contribution in [3.05, 3.63) is 47.9 Å². The van der Waals surface area contributed by atoms with E-state index >= 15 is 0 Å². The number of nitrogens with one attached hydrogen (secondary N) is 1. The van der Waals surface area contributed by atoms with Crippen molar-refractivity contribution in [2.75, 3.05) is 32.7 Å². The zero-order valence-electron chi connectivity index (χ0n) is 18.3. The summed E-state index contributed by atoms with van der Waals surface area (Å²) in [5.74, 6) is 1.97. The van der Waals surface area contributed by atoms with E-state index in [9.17, 15) is 0 Å². The molecule has 2 aliphatic rings. The van der Waals surface area contributed by atoms with E-state index in [0.29, 0.717) is 12.6 Å². The number of benzene rings is 1. The number of aromatic nitrogens is 1. The summed E-state index contributed by atoms with van der Waals surface area (Å²) >= 11 is 0. The Labute approximate surface area is 202 Å². The smallest absolute Gasteiger partial charge is 0.194 e. The van der Waals surface area contributed by atoms with Gasteiger partial charge in [0.1, 0.15) is 12.0 Å². The van der Waals surface area contributed by atoms with Gasteiger partial charge in [0.25, 0.3) is 0 Å². The van der Waals surface area contributed by atoms with Crippen LogP contribution in [-0.2, 0) is 13.1 Å². The van der Waals surface area contributed by atoms with Crippen molar-refractivity contribution in [3.63, 3.8) is 0 Å². The third-order valence-electron chi connectivity index (χ3n) is 5.85. The number of piperazine rings is 1. The number of nitrogens with zero attached hydrogens (tertiary/aromatic N) is 4. The number of para-hydroxylation sites is 1. The molecule has 31 heavy (non-hydrogen) atoms. The van der Waals surface area contributed by atoms with Crippen molar-refractivity contribution >= 4 is 29.9 Å². The molecule has 7 nitrogen and oxygen atoms in total. The molecule has 1 saturated heterocycles. The second-order valence-corrected chi connectivity index (χ2v) is 8.06. The van der Waals surface area contributed by atoms with Crippen molar-refractivity contribution < 1.29 is 9.26 Å². The molecule has 0 unspecified atom stereocenters. The number of guanidine groups is 1. The highest BCUT2D eigenvalue weighted by Gasteiger charge is 2.21. The van der Waals surface area contributed by atoms with Gasteiger partial charge in [-0.05, 0) is 38.7 Å². The lowest BCUT2D eigenvalue weighted by atomic mass is 10.2. The summed E-state index contributed by atoms with van der Waals surface area (Å²) in [6.07, 6.45) is 6.88. The van der Waals surface area contributed by atoms with Crippen LogP contribution in [0.2, 0.25) is 0 Å². The zero-order chi connectivity index (χ0) is 20.6. The first-order valence-electron chi connectivity index (χ1n) is 11.2. The van der Waals surface area contributed by atoms with Gasteiger partial charge in [0.05, 0.1) is 18.3 Å². The SMILES string of the molecule is CCNC(=NCc1ccccc1OC1CCCC1)N1CCN(Cc2ccon2)CC1.I. The highest BCUT2D eigenvalue weighted by molar-refractivity contribution is 14.0. The Hall–Kier alpha value is -1.81. The fourth-order valence-corrected chi connectivity index (χ4v) is 4.19. The molecule has 8 heteroatoms. The van der Waals surface area contributed by atoms with Crippen LogP contribution >= 0.6 is 24.0 Å². The van der Waals surface area contributed by atoms with Gasteiger partial charge in [-0.15, -0.1) is 24.0 Å². The second-order valence-electron chi connectivity index (χ2n) is 8.06. The predicted molar refractivity (Wildman–Crippen MR) is 133 cm³/mol. The van der Waals surface area contributed by atoms with Crippen molar-refractivity contribution in [1.82, 2.24) is 20.3 Å². The molecular weight excluding hydrogens is 505 g/mol. The van der Waals surface area contributed by atoms with E-state index in [-0.39, 0.29) is 24.0 Å². The van der Waals surface area contributed by atoms with E-state index < -0.39 is 0 Å². The lowest BCUT2D eigenvalue weighted by Crippen LogP contribution is -2.52. The molecule has 0 radical (unpaired) electrons. The Balaban J connectivity index is 0.00000272. The molecule has 2 aromatic rings. The van der Waals surface area contributed by atoms with E-state index in [4.69, 9.17) is 14.3 Å². The van der Waals surface area contributed by atoms with Gasteiger partial charge in [0.15, 0.2) is 5.96 Å². The minimum absolute atomic E-state index is 0. The molecule has 4 rings (SSSR count). The topological polar surface area (TPSA) is 66.1 Å². The summed E-state index contributed by atoms with van der Waals surface area (Å²) in [7, 11) is 0. The Morgan fingerprint density at radius 3 is 2.65 bits per heavy atom. The van der Waals surface area contributed by atoms with Gasteiger partial charge >= 0.3 is 0 Å². The third kappa shape index (κ3) is 6.83. The van der Waals surface area contributed by atoms with Crippen molar-refractivity contribution in [3.8, 4) is 5.75 Å². The third-order valence-corrected chi connectivity index (χ3v) is 5.85. The Morgan fingerprint density at radius 1 is 1.16 bits per heavy atom. The molecule has 1 aliphatic heterocycles. The first-order chi connectivity index (χ1) is 14.8. The van der Waals surface area contributed by atoms with E-state index in [1.165, 1.54) is 25.7 Å². The minimum Gasteiger partial charge on any atom is -0.490 e. The molecule has 0 spiro atoms. The molecule has 0 amide bonds. The van der Waals surface area contributed by atoms with E-state index in [2.05, 4.69) is 51.5 Å². The molecule has 1 saturated carbocycles. The van der Waals surface area contributed by atoms with E-state index in [0.717, 1.165) is 62.2 Å². The van der Waals surface area contributed by atoms with E-state index in [1.54, 1.807) is 6.26 Å². The molecule has 1 N–H and O–H groups in total. The van der Waals surface area contributed by atoms with Crippen LogP contribution in [0, 0.1) is 0 Å². The van der Waals surface area contributed by atoms with Crippen LogP contribution < -0.4 is 10.1 Å². The molecule has 2 fully saturated rings. The van der Waals surface area contributed by atoms with Gasteiger partial charge < -0.3 is 19.5 Å². The first-order valence-corrected chi connectivity index (χ1v) is 11.2. The maximum absolute atomic E-state index is 6.28. The van der Waals surface area contributed by atoms with Crippen LogP contribution in [0.25, 0.3) is 0 Å². The molecule has 1 aromatic carbocycles. The van der Waals surface area contributed by atoms with Crippen LogP contribution in [0.15, 0.2) is 46.1 Å². The summed E-state index contributed by atoms with van der Waals surface area (Å²) in [5.41, 5.74) is 2.15. The quantitative estimate of drug-likeness (QED) is 0.327. The fourth-order valence-electron chi connectivity index (χ4n) is 4.19. The lowest BCUT2D eigenvalue weighted by Gasteiger charge is -2.36. The van der Waals surface area contributed by atoms with E-state index in [1.807, 2.05) is 6.07 Å². The maximum Gasteiger partial charge on any atom is 0.194 e. The van der Waals surface area contributed by atoms with Crippen LogP contribution in [-0.4, -0.2) is 59.7 Å². The Kier molecular flexibility index (Phi) is 9.45. The molecule has 1 aromatic heterocycles.